The highest BCUT2D eigenvalue weighted by Crippen LogP contribution is 2.18. The van der Waals surface area contributed by atoms with E-state index in [0.29, 0.717) is 0 Å². The number of aryl methyl sites for hydroxylation is 3. The second-order valence-electron chi connectivity index (χ2n) is 4.11. The number of aromatic nitrogens is 2. The van der Waals surface area contributed by atoms with Crippen LogP contribution in [-0.2, 0) is 0 Å². The molecule has 0 fully saturated rings. The molecule has 0 saturated carbocycles. The lowest BCUT2D eigenvalue weighted by molar-refractivity contribution is 1.13. The summed E-state index contributed by atoms with van der Waals surface area (Å²) in [4.78, 5) is 8.68. The van der Waals surface area contributed by atoms with Crippen LogP contribution in [-0.4, -0.2) is 9.97 Å². The lowest BCUT2D eigenvalue weighted by Crippen LogP contribution is -2.03. The molecule has 2 aromatic rings. The van der Waals surface area contributed by atoms with Gasteiger partial charge in [-0.2, -0.15) is 0 Å². The van der Waals surface area contributed by atoms with Gasteiger partial charge in [0.15, 0.2) is 5.82 Å². The summed E-state index contributed by atoms with van der Waals surface area (Å²) in [5, 5.41) is 1.26. The molecule has 0 radical (unpaired) electrons. The van der Waals surface area contributed by atoms with Crippen LogP contribution in [0.15, 0.2) is 24.5 Å². The van der Waals surface area contributed by atoms with Crippen molar-refractivity contribution in [2.75, 3.05) is 0 Å². The number of rotatable bonds is 1. The van der Waals surface area contributed by atoms with Crippen LogP contribution in [0.4, 0.5) is 0 Å². The lowest BCUT2D eigenvalue weighted by Gasteiger charge is -2.07. The molecule has 1 heterocycles. The third kappa shape index (κ3) is 2.12. The van der Waals surface area contributed by atoms with Gasteiger partial charge >= 0.3 is 0 Å². The summed E-state index contributed by atoms with van der Waals surface area (Å²) in [6, 6.07) is 4.25. The van der Waals surface area contributed by atoms with Crippen molar-refractivity contribution >= 4 is 14.5 Å². The van der Waals surface area contributed by atoms with Gasteiger partial charge in [0.05, 0.1) is 0 Å². The Morgan fingerprint density at radius 3 is 1.94 bits per heavy atom. The third-order valence-electron chi connectivity index (χ3n) is 2.63. The van der Waals surface area contributed by atoms with Gasteiger partial charge in [-0.1, -0.05) is 0 Å². The Balaban J connectivity index is 2.52. The Hall–Kier alpha value is -1.27. The molecular weight excluding hydrogens is 215 g/mol. The van der Waals surface area contributed by atoms with Crippen LogP contribution in [0.5, 0.6) is 0 Å². The smallest absolute Gasteiger partial charge is 0.159 e. The maximum atomic E-state index is 4.34. The molecule has 0 aliphatic rings. The van der Waals surface area contributed by atoms with Crippen molar-refractivity contribution in [3.8, 4) is 11.4 Å². The average molecular weight is 230 g/mol. The summed E-state index contributed by atoms with van der Waals surface area (Å²) in [5.74, 6) is 0.793. The molecule has 1 aromatic heterocycles. The Morgan fingerprint density at radius 2 is 1.44 bits per heavy atom. The SMILES string of the molecule is Cc1cnc(-c2cc(C)c(P)c(C)c2)nc1. The van der Waals surface area contributed by atoms with E-state index in [-0.39, 0.29) is 0 Å². The Kier molecular flexibility index (Phi) is 3.02. The van der Waals surface area contributed by atoms with Crippen molar-refractivity contribution in [1.82, 2.24) is 9.97 Å². The zero-order valence-electron chi connectivity index (χ0n) is 9.78. The molecule has 0 N–H and O–H groups in total. The van der Waals surface area contributed by atoms with Crippen molar-refractivity contribution in [3.63, 3.8) is 0 Å². The molecule has 16 heavy (non-hydrogen) atoms. The molecule has 1 atom stereocenters. The molecule has 1 unspecified atom stereocenters. The molecule has 0 spiro atoms. The number of hydrogen-bond acceptors (Lipinski definition) is 2. The first-order valence-corrected chi connectivity index (χ1v) is 5.81. The normalized spacial score (nSPS) is 10.5. The van der Waals surface area contributed by atoms with E-state index in [0.717, 1.165) is 17.0 Å². The van der Waals surface area contributed by atoms with Crippen LogP contribution in [0.3, 0.4) is 0 Å². The quantitative estimate of drug-likeness (QED) is 0.704. The largest absolute Gasteiger partial charge is 0.236 e. The topological polar surface area (TPSA) is 25.8 Å². The van der Waals surface area contributed by atoms with Crippen LogP contribution in [0, 0.1) is 20.8 Å². The van der Waals surface area contributed by atoms with Crippen molar-refractivity contribution in [1.29, 1.82) is 0 Å². The van der Waals surface area contributed by atoms with E-state index in [4.69, 9.17) is 0 Å². The van der Waals surface area contributed by atoms with Gasteiger partial charge < -0.3 is 0 Å². The van der Waals surface area contributed by atoms with Crippen LogP contribution in [0.1, 0.15) is 16.7 Å². The van der Waals surface area contributed by atoms with E-state index >= 15 is 0 Å². The van der Waals surface area contributed by atoms with Crippen molar-refractivity contribution in [2.24, 2.45) is 0 Å². The molecule has 82 valence electrons. The van der Waals surface area contributed by atoms with Gasteiger partial charge in [-0.15, -0.1) is 9.24 Å². The zero-order chi connectivity index (χ0) is 11.7. The summed E-state index contributed by atoms with van der Waals surface area (Å²) >= 11 is 0. The molecule has 3 heteroatoms. The van der Waals surface area contributed by atoms with Crippen molar-refractivity contribution < 1.29 is 0 Å². The van der Waals surface area contributed by atoms with Gasteiger partial charge in [0, 0.05) is 18.0 Å². The molecule has 0 amide bonds. The molecule has 0 saturated heterocycles. The molecule has 0 bridgehead atoms. The van der Waals surface area contributed by atoms with E-state index in [1.54, 1.807) is 0 Å². The van der Waals surface area contributed by atoms with Gasteiger partial charge in [0.1, 0.15) is 0 Å². The summed E-state index contributed by atoms with van der Waals surface area (Å²) in [6.45, 7) is 6.20. The maximum Gasteiger partial charge on any atom is 0.159 e. The zero-order valence-corrected chi connectivity index (χ0v) is 10.9. The van der Waals surface area contributed by atoms with E-state index in [1.165, 1.54) is 16.4 Å². The van der Waals surface area contributed by atoms with Gasteiger partial charge in [-0.05, 0) is 54.9 Å². The Bertz CT molecular complexity index is 495. The standard InChI is InChI=1S/C13H15N2P/c1-8-6-14-13(15-7-8)11-4-9(2)12(16)10(3)5-11/h4-7H,16H2,1-3H3. The monoisotopic (exact) mass is 230 g/mol. The number of nitrogens with zero attached hydrogens (tertiary/aromatic N) is 2. The van der Waals surface area contributed by atoms with Crippen LogP contribution >= 0.6 is 9.24 Å². The van der Waals surface area contributed by atoms with E-state index in [2.05, 4.69) is 45.2 Å². The Morgan fingerprint density at radius 1 is 0.938 bits per heavy atom. The highest BCUT2D eigenvalue weighted by atomic mass is 31.0. The molecule has 1 aromatic carbocycles. The molecule has 0 aliphatic heterocycles. The summed E-state index contributed by atoms with van der Waals surface area (Å²) < 4.78 is 0. The first-order chi connectivity index (χ1) is 7.58. The fourth-order valence-corrected chi connectivity index (χ4v) is 1.81. The van der Waals surface area contributed by atoms with Crippen LogP contribution < -0.4 is 5.30 Å². The van der Waals surface area contributed by atoms with Gasteiger partial charge in [-0.3, -0.25) is 0 Å². The predicted molar refractivity (Wildman–Crippen MR) is 71.0 cm³/mol. The molecule has 2 nitrogen and oxygen atoms in total. The summed E-state index contributed by atoms with van der Waals surface area (Å²) in [5.41, 5.74) is 4.68. The summed E-state index contributed by atoms with van der Waals surface area (Å²) in [7, 11) is 2.77. The van der Waals surface area contributed by atoms with Gasteiger partial charge in [-0.25, -0.2) is 9.97 Å². The van der Waals surface area contributed by atoms with Crippen molar-refractivity contribution in [2.45, 2.75) is 20.8 Å². The minimum atomic E-state index is 0.793. The average Bonchev–Trinajstić information content (AvgIpc) is 2.26. The van der Waals surface area contributed by atoms with E-state index < -0.39 is 0 Å². The fraction of sp³-hybridized carbons (Fsp3) is 0.231. The Labute approximate surface area is 98.4 Å². The van der Waals surface area contributed by atoms with Crippen LogP contribution in [0.25, 0.3) is 11.4 Å². The number of hydrogen-bond donors (Lipinski definition) is 0. The van der Waals surface area contributed by atoms with Crippen LogP contribution in [0.2, 0.25) is 0 Å². The lowest BCUT2D eigenvalue weighted by atomic mass is 10.1. The van der Waals surface area contributed by atoms with E-state index in [9.17, 15) is 0 Å². The highest BCUT2D eigenvalue weighted by Gasteiger charge is 2.05. The highest BCUT2D eigenvalue weighted by molar-refractivity contribution is 7.27. The maximum absolute atomic E-state index is 4.34. The minimum absolute atomic E-state index is 0.793. The first-order valence-electron chi connectivity index (χ1n) is 5.23. The second kappa shape index (κ2) is 4.31. The number of benzene rings is 1. The molecule has 2 rings (SSSR count). The second-order valence-corrected chi connectivity index (χ2v) is 4.69. The molecular formula is C13H15N2P. The van der Waals surface area contributed by atoms with E-state index in [1.807, 2.05) is 19.3 Å². The molecule has 0 aliphatic carbocycles. The fourth-order valence-electron chi connectivity index (χ4n) is 1.65. The van der Waals surface area contributed by atoms with Gasteiger partial charge in [0.2, 0.25) is 0 Å². The van der Waals surface area contributed by atoms with Crippen molar-refractivity contribution in [3.05, 3.63) is 41.2 Å². The predicted octanol–water partition coefficient (Wildman–Crippen LogP) is 2.57. The first kappa shape index (κ1) is 11.2. The van der Waals surface area contributed by atoms with Gasteiger partial charge in [0.25, 0.3) is 0 Å². The minimum Gasteiger partial charge on any atom is -0.236 e. The third-order valence-corrected chi connectivity index (χ3v) is 3.54. The summed E-state index contributed by atoms with van der Waals surface area (Å²) in [6.07, 6.45) is 3.70.